The highest BCUT2D eigenvalue weighted by molar-refractivity contribution is 6.31. The Hall–Kier alpha value is -3.53. The normalized spacial score (nSPS) is 12.3. The van der Waals surface area contributed by atoms with Crippen LogP contribution in [0.3, 0.4) is 0 Å². The predicted octanol–water partition coefficient (Wildman–Crippen LogP) is 6.77. The Bertz CT molecular complexity index is 1240. The first kappa shape index (κ1) is 27.1. The molecule has 0 aliphatic rings. The molecule has 186 valence electrons. The molecule has 2 atom stereocenters. The van der Waals surface area contributed by atoms with Crippen LogP contribution >= 0.6 is 23.2 Å². The summed E-state index contributed by atoms with van der Waals surface area (Å²) < 4.78 is 6.47. The van der Waals surface area contributed by atoms with Gasteiger partial charge < -0.3 is 15.2 Å². The fourth-order valence-electron chi connectivity index (χ4n) is 3.92. The average molecular weight is 525 g/mol. The van der Waals surface area contributed by atoms with E-state index >= 15 is 0 Å². The molecule has 0 saturated carbocycles. The third-order valence-electron chi connectivity index (χ3n) is 5.71. The van der Waals surface area contributed by atoms with Crippen LogP contribution in [0.25, 0.3) is 0 Å². The minimum absolute atomic E-state index is 0.0621. The summed E-state index contributed by atoms with van der Waals surface area (Å²) in [6, 6.07) is 21.8. The summed E-state index contributed by atoms with van der Waals surface area (Å²) in [6.07, 6.45) is 1.15. The third kappa shape index (κ3) is 7.24. The lowest BCUT2D eigenvalue weighted by molar-refractivity contribution is -0.136. The van der Waals surface area contributed by atoms with E-state index in [-0.39, 0.29) is 24.8 Å². The zero-order valence-corrected chi connectivity index (χ0v) is 21.2. The zero-order chi connectivity index (χ0) is 26.1. The van der Waals surface area contributed by atoms with Crippen molar-refractivity contribution in [1.29, 1.82) is 5.26 Å². The fraction of sp³-hybridized carbons (Fsp3) is 0.250. The maximum absolute atomic E-state index is 12.4. The van der Waals surface area contributed by atoms with Crippen LogP contribution < -0.4 is 10.1 Å². The van der Waals surface area contributed by atoms with Gasteiger partial charge in [-0.3, -0.25) is 9.59 Å². The molecule has 0 fully saturated rings. The second kappa shape index (κ2) is 13.0. The van der Waals surface area contributed by atoms with E-state index in [0.717, 1.165) is 24.0 Å². The van der Waals surface area contributed by atoms with E-state index in [4.69, 9.17) is 33.0 Å². The van der Waals surface area contributed by atoms with Crippen molar-refractivity contribution in [3.8, 4) is 11.8 Å². The Kier molecular flexibility index (Phi) is 9.75. The molecule has 0 unspecified atom stereocenters. The second-order valence-electron chi connectivity index (χ2n) is 8.26. The molecule has 3 rings (SSSR count). The monoisotopic (exact) mass is 524 g/mol. The summed E-state index contributed by atoms with van der Waals surface area (Å²) in [4.78, 5) is 23.1. The van der Waals surface area contributed by atoms with Crippen LogP contribution in [0.15, 0.2) is 66.7 Å². The molecule has 36 heavy (non-hydrogen) atoms. The summed E-state index contributed by atoms with van der Waals surface area (Å²) in [6.45, 7) is 2.15. The first-order chi connectivity index (χ1) is 17.3. The van der Waals surface area contributed by atoms with E-state index in [9.17, 15) is 14.9 Å². The molecular formula is C28H26Cl2N2O4. The number of nitrogens with zero attached hydrogens (tertiary/aromatic N) is 1. The maximum atomic E-state index is 12.4. The van der Waals surface area contributed by atoms with Gasteiger partial charge in [0.05, 0.1) is 17.0 Å². The molecule has 0 aromatic heterocycles. The number of ether oxygens (including phenoxy) is 1. The quantitative estimate of drug-likeness (QED) is 0.288. The number of hydrogen-bond donors (Lipinski definition) is 2. The highest BCUT2D eigenvalue weighted by Gasteiger charge is 2.27. The molecular weight excluding hydrogens is 499 g/mol. The van der Waals surface area contributed by atoms with Crippen molar-refractivity contribution in [1.82, 2.24) is 5.32 Å². The lowest BCUT2D eigenvalue weighted by Gasteiger charge is -2.29. The molecule has 0 saturated heterocycles. The number of halogens is 2. The summed E-state index contributed by atoms with van der Waals surface area (Å²) in [5.41, 5.74) is 2.67. The Morgan fingerprint density at radius 1 is 1.03 bits per heavy atom. The van der Waals surface area contributed by atoms with Crippen LogP contribution in [0.4, 0.5) is 0 Å². The highest BCUT2D eigenvalue weighted by atomic mass is 35.5. The van der Waals surface area contributed by atoms with E-state index in [1.165, 1.54) is 0 Å². The van der Waals surface area contributed by atoms with Gasteiger partial charge in [0.25, 0.3) is 5.91 Å². The number of carbonyl (C=O) groups is 2. The molecule has 0 heterocycles. The minimum Gasteiger partial charge on any atom is -0.485 e. The molecule has 1 amide bonds. The minimum atomic E-state index is -0.969. The summed E-state index contributed by atoms with van der Waals surface area (Å²) in [5, 5.41) is 21.7. The van der Waals surface area contributed by atoms with Crippen LogP contribution in [0, 0.1) is 11.3 Å². The number of carboxylic acid groups (broad SMARTS) is 1. The molecule has 6 nitrogen and oxygen atoms in total. The Labute approximate surface area is 220 Å². The van der Waals surface area contributed by atoms with E-state index in [1.807, 2.05) is 36.4 Å². The molecule has 0 aliphatic heterocycles. The lowest BCUT2D eigenvalue weighted by atomic mass is 9.85. The van der Waals surface area contributed by atoms with Gasteiger partial charge in [-0.15, -0.1) is 0 Å². The predicted molar refractivity (Wildman–Crippen MR) is 140 cm³/mol. The van der Waals surface area contributed by atoms with Gasteiger partial charge >= 0.3 is 5.97 Å². The molecule has 0 spiro atoms. The number of nitrogens with one attached hydrogen (secondary N) is 1. The van der Waals surface area contributed by atoms with Gasteiger partial charge in [-0.1, -0.05) is 60.8 Å². The number of rotatable bonds is 11. The maximum Gasteiger partial charge on any atom is 0.305 e. The number of nitriles is 1. The van der Waals surface area contributed by atoms with Gasteiger partial charge in [0.1, 0.15) is 17.9 Å². The smallest absolute Gasteiger partial charge is 0.305 e. The molecule has 3 aromatic rings. The standard InChI is InChI=1S/C28H26Cl2N2O4/c1-2-3-24(18-4-6-20(7-5-18)28(35)32-15-14-26(33)34)27(19-8-10-22(29)11-9-19)36-23-12-13-25(30)21(16-23)17-31/h4-13,16,24,27H,2-3,14-15H2,1H3,(H,32,35)(H,33,34)/t24-,27+/m1/s1. The number of aliphatic carboxylic acids is 1. The van der Waals surface area contributed by atoms with Crippen molar-refractivity contribution in [2.24, 2.45) is 0 Å². The molecule has 8 heteroatoms. The number of benzene rings is 3. The molecule has 3 aromatic carbocycles. The van der Waals surface area contributed by atoms with Crippen molar-refractivity contribution in [2.75, 3.05) is 6.54 Å². The second-order valence-corrected chi connectivity index (χ2v) is 9.10. The van der Waals surface area contributed by atoms with E-state index in [0.29, 0.717) is 26.9 Å². The summed E-state index contributed by atoms with van der Waals surface area (Å²) >= 11 is 12.2. The number of amides is 1. The van der Waals surface area contributed by atoms with Gasteiger partial charge in [-0.25, -0.2) is 0 Å². The van der Waals surface area contributed by atoms with Crippen molar-refractivity contribution >= 4 is 35.1 Å². The van der Waals surface area contributed by atoms with E-state index in [1.54, 1.807) is 30.3 Å². The highest BCUT2D eigenvalue weighted by Crippen LogP contribution is 2.39. The molecule has 0 radical (unpaired) electrons. The molecule has 0 aliphatic carbocycles. The Morgan fingerprint density at radius 2 is 1.69 bits per heavy atom. The average Bonchev–Trinajstić information content (AvgIpc) is 2.87. The number of carbonyl (C=O) groups excluding carboxylic acids is 1. The summed E-state index contributed by atoms with van der Waals surface area (Å²) in [7, 11) is 0. The fourth-order valence-corrected chi connectivity index (χ4v) is 4.20. The number of hydrogen-bond acceptors (Lipinski definition) is 4. The van der Waals surface area contributed by atoms with Crippen LogP contribution in [0.5, 0.6) is 5.75 Å². The van der Waals surface area contributed by atoms with Gasteiger partial charge in [0, 0.05) is 23.0 Å². The van der Waals surface area contributed by atoms with Gasteiger partial charge in [0.2, 0.25) is 0 Å². The molecule has 0 bridgehead atoms. The van der Waals surface area contributed by atoms with E-state index < -0.39 is 12.1 Å². The first-order valence-corrected chi connectivity index (χ1v) is 12.3. The van der Waals surface area contributed by atoms with Gasteiger partial charge in [-0.05, 0) is 60.0 Å². The van der Waals surface area contributed by atoms with Gasteiger partial charge in [0.15, 0.2) is 0 Å². The number of carboxylic acids is 1. The van der Waals surface area contributed by atoms with E-state index in [2.05, 4.69) is 18.3 Å². The third-order valence-corrected chi connectivity index (χ3v) is 6.29. The zero-order valence-electron chi connectivity index (χ0n) is 19.7. The van der Waals surface area contributed by atoms with Crippen molar-refractivity contribution < 1.29 is 19.4 Å². The Balaban J connectivity index is 1.93. The largest absolute Gasteiger partial charge is 0.485 e. The molecule has 2 N–H and O–H groups in total. The topological polar surface area (TPSA) is 99.4 Å². The van der Waals surface area contributed by atoms with Crippen molar-refractivity contribution in [3.05, 3.63) is 99.0 Å². The SMILES string of the molecule is CCC[C@H](c1ccc(C(=O)NCCC(=O)O)cc1)[C@@H](Oc1ccc(Cl)c(C#N)c1)c1ccc(Cl)cc1. The van der Waals surface area contributed by atoms with Crippen LogP contribution in [0.2, 0.25) is 10.0 Å². The van der Waals surface area contributed by atoms with Crippen LogP contribution in [-0.4, -0.2) is 23.5 Å². The van der Waals surface area contributed by atoms with Crippen LogP contribution in [0.1, 0.15) is 65.3 Å². The van der Waals surface area contributed by atoms with Crippen molar-refractivity contribution in [3.63, 3.8) is 0 Å². The summed E-state index contributed by atoms with van der Waals surface area (Å²) in [5.74, 6) is -0.845. The van der Waals surface area contributed by atoms with Gasteiger partial charge in [-0.2, -0.15) is 5.26 Å². The Morgan fingerprint density at radius 3 is 2.31 bits per heavy atom. The van der Waals surface area contributed by atoms with Crippen molar-refractivity contribution in [2.45, 2.75) is 38.2 Å². The lowest BCUT2D eigenvalue weighted by Crippen LogP contribution is -2.26. The van der Waals surface area contributed by atoms with Crippen LogP contribution in [-0.2, 0) is 4.79 Å². The first-order valence-electron chi connectivity index (χ1n) is 11.5.